The van der Waals surface area contributed by atoms with Gasteiger partial charge in [0.05, 0.1) is 0 Å². The molecule has 0 bridgehead atoms. The van der Waals surface area contributed by atoms with E-state index in [0.717, 1.165) is 5.84 Å². The Bertz CT molecular complexity index is 214. The minimum absolute atomic E-state index is 0.551. The standard InChI is InChI=1S/C9H17N3/c1-7(2)8-5-9(12(3)4)11-6-10-8/h5,7,10H,6H2,1-4H3. The van der Waals surface area contributed by atoms with Gasteiger partial charge in [-0.25, -0.2) is 4.99 Å². The van der Waals surface area contributed by atoms with Crippen LogP contribution in [0.3, 0.4) is 0 Å². The van der Waals surface area contributed by atoms with Crippen LogP contribution in [-0.4, -0.2) is 31.5 Å². The Kier molecular flexibility index (Phi) is 2.74. The molecule has 0 aliphatic carbocycles. The lowest BCUT2D eigenvalue weighted by Crippen LogP contribution is -2.30. The second-order valence-electron chi connectivity index (χ2n) is 3.50. The van der Waals surface area contributed by atoms with Crippen molar-refractivity contribution in [2.45, 2.75) is 13.8 Å². The maximum absolute atomic E-state index is 4.32. The number of hydrogen-bond donors (Lipinski definition) is 1. The summed E-state index contributed by atoms with van der Waals surface area (Å²) in [4.78, 5) is 6.35. The van der Waals surface area contributed by atoms with Crippen molar-refractivity contribution in [2.24, 2.45) is 10.9 Å². The highest BCUT2D eigenvalue weighted by Gasteiger charge is 2.09. The lowest BCUT2D eigenvalue weighted by atomic mass is 10.1. The number of likely N-dealkylation sites (N-methyl/N-ethyl adjacent to an activating group) is 1. The molecule has 0 aromatic rings. The quantitative estimate of drug-likeness (QED) is 0.632. The van der Waals surface area contributed by atoms with Crippen LogP contribution in [0.1, 0.15) is 13.8 Å². The van der Waals surface area contributed by atoms with Gasteiger partial charge in [0.2, 0.25) is 0 Å². The molecule has 1 N–H and O–H groups in total. The minimum atomic E-state index is 0.551. The molecular weight excluding hydrogens is 150 g/mol. The summed E-state index contributed by atoms with van der Waals surface area (Å²) in [6.07, 6.45) is 2.11. The monoisotopic (exact) mass is 167 g/mol. The van der Waals surface area contributed by atoms with E-state index in [0.29, 0.717) is 12.6 Å². The van der Waals surface area contributed by atoms with E-state index in [-0.39, 0.29) is 0 Å². The lowest BCUT2D eigenvalue weighted by molar-refractivity contribution is 0.593. The SMILES string of the molecule is CC(C)C1=CC(N(C)C)=NCN1. The van der Waals surface area contributed by atoms with Gasteiger partial charge in [0.1, 0.15) is 12.5 Å². The van der Waals surface area contributed by atoms with Crippen LogP contribution in [0.2, 0.25) is 0 Å². The van der Waals surface area contributed by atoms with Gasteiger partial charge in [-0.1, -0.05) is 13.8 Å². The van der Waals surface area contributed by atoms with Crippen molar-refractivity contribution in [2.75, 3.05) is 20.8 Å². The second-order valence-corrected chi connectivity index (χ2v) is 3.50. The van der Waals surface area contributed by atoms with Crippen LogP contribution in [-0.2, 0) is 0 Å². The molecule has 1 aliphatic rings. The number of nitrogens with one attached hydrogen (secondary N) is 1. The number of nitrogens with zero attached hydrogens (tertiary/aromatic N) is 2. The first-order valence-electron chi connectivity index (χ1n) is 4.28. The van der Waals surface area contributed by atoms with Crippen molar-refractivity contribution in [3.8, 4) is 0 Å². The molecule has 3 nitrogen and oxygen atoms in total. The van der Waals surface area contributed by atoms with E-state index in [4.69, 9.17) is 0 Å². The molecule has 0 aromatic carbocycles. The molecule has 12 heavy (non-hydrogen) atoms. The van der Waals surface area contributed by atoms with Gasteiger partial charge in [-0.15, -0.1) is 0 Å². The first kappa shape index (κ1) is 9.10. The maximum Gasteiger partial charge on any atom is 0.126 e. The van der Waals surface area contributed by atoms with E-state index < -0.39 is 0 Å². The molecule has 3 heteroatoms. The highest BCUT2D eigenvalue weighted by molar-refractivity contribution is 5.93. The van der Waals surface area contributed by atoms with Crippen LogP contribution < -0.4 is 5.32 Å². The van der Waals surface area contributed by atoms with Gasteiger partial charge in [0.25, 0.3) is 0 Å². The van der Waals surface area contributed by atoms with Crippen molar-refractivity contribution >= 4 is 5.84 Å². The molecule has 0 atom stereocenters. The zero-order valence-corrected chi connectivity index (χ0v) is 8.26. The van der Waals surface area contributed by atoms with Gasteiger partial charge in [-0.2, -0.15) is 0 Å². The van der Waals surface area contributed by atoms with Crippen molar-refractivity contribution in [3.05, 3.63) is 11.8 Å². The third kappa shape index (κ3) is 2.00. The molecule has 68 valence electrons. The summed E-state index contributed by atoms with van der Waals surface area (Å²) < 4.78 is 0. The van der Waals surface area contributed by atoms with Crippen molar-refractivity contribution in [1.29, 1.82) is 0 Å². The van der Waals surface area contributed by atoms with Crippen molar-refractivity contribution < 1.29 is 0 Å². The normalized spacial score (nSPS) is 16.8. The zero-order valence-electron chi connectivity index (χ0n) is 8.26. The van der Waals surface area contributed by atoms with E-state index in [9.17, 15) is 0 Å². The van der Waals surface area contributed by atoms with Crippen molar-refractivity contribution in [1.82, 2.24) is 10.2 Å². The van der Waals surface area contributed by atoms with Gasteiger partial charge < -0.3 is 10.2 Å². The summed E-state index contributed by atoms with van der Waals surface area (Å²) >= 11 is 0. The van der Waals surface area contributed by atoms with Gasteiger partial charge in [0, 0.05) is 19.8 Å². The molecule has 0 saturated carbocycles. The number of rotatable bonds is 1. The van der Waals surface area contributed by atoms with Gasteiger partial charge in [-0.05, 0) is 12.0 Å². The Balaban J connectivity index is 2.74. The molecule has 1 rings (SSSR count). The number of hydrogen-bond acceptors (Lipinski definition) is 3. The summed E-state index contributed by atoms with van der Waals surface area (Å²) in [5, 5.41) is 3.25. The Morgan fingerprint density at radius 3 is 2.67 bits per heavy atom. The molecule has 0 aromatic heterocycles. The average Bonchev–Trinajstić information content (AvgIpc) is 2.04. The first-order chi connectivity index (χ1) is 5.61. The van der Waals surface area contributed by atoms with Gasteiger partial charge in [0.15, 0.2) is 0 Å². The number of amidine groups is 1. The summed E-state index contributed by atoms with van der Waals surface area (Å²) in [7, 11) is 4.03. The fourth-order valence-corrected chi connectivity index (χ4v) is 1.09. The molecule has 0 spiro atoms. The van der Waals surface area contributed by atoms with Gasteiger partial charge >= 0.3 is 0 Å². The number of allylic oxidation sites excluding steroid dienone is 1. The fraction of sp³-hybridized carbons (Fsp3) is 0.667. The van der Waals surface area contributed by atoms with Crippen LogP contribution in [0.5, 0.6) is 0 Å². The Morgan fingerprint density at radius 2 is 2.17 bits per heavy atom. The molecule has 0 amide bonds. The largest absolute Gasteiger partial charge is 0.369 e. The first-order valence-corrected chi connectivity index (χ1v) is 4.28. The molecule has 1 aliphatic heterocycles. The third-order valence-corrected chi connectivity index (χ3v) is 1.89. The predicted octanol–water partition coefficient (Wildman–Crippen LogP) is 1.05. The maximum atomic E-state index is 4.32. The highest BCUT2D eigenvalue weighted by Crippen LogP contribution is 2.09. The van der Waals surface area contributed by atoms with E-state index in [1.165, 1.54) is 5.70 Å². The van der Waals surface area contributed by atoms with Gasteiger partial charge in [-0.3, -0.25) is 0 Å². The zero-order chi connectivity index (χ0) is 9.14. The van der Waals surface area contributed by atoms with E-state index in [1.54, 1.807) is 0 Å². The summed E-state index contributed by atoms with van der Waals surface area (Å²) in [5.41, 5.74) is 1.27. The Labute approximate surface area is 74.2 Å². The molecule has 1 heterocycles. The van der Waals surface area contributed by atoms with E-state index in [1.807, 2.05) is 19.0 Å². The van der Waals surface area contributed by atoms with E-state index in [2.05, 4.69) is 30.2 Å². The lowest BCUT2D eigenvalue weighted by Gasteiger charge is -2.21. The van der Waals surface area contributed by atoms with Crippen molar-refractivity contribution in [3.63, 3.8) is 0 Å². The molecule has 0 saturated heterocycles. The predicted molar refractivity (Wildman–Crippen MR) is 52.0 cm³/mol. The van der Waals surface area contributed by atoms with Crippen LogP contribution in [0.4, 0.5) is 0 Å². The summed E-state index contributed by atoms with van der Waals surface area (Å²) in [6, 6.07) is 0. The Hall–Kier alpha value is -0.990. The molecular formula is C9H17N3. The topological polar surface area (TPSA) is 27.6 Å². The smallest absolute Gasteiger partial charge is 0.126 e. The van der Waals surface area contributed by atoms with Crippen LogP contribution in [0.25, 0.3) is 0 Å². The van der Waals surface area contributed by atoms with Crippen LogP contribution >= 0.6 is 0 Å². The third-order valence-electron chi connectivity index (χ3n) is 1.89. The summed E-state index contributed by atoms with van der Waals surface area (Å²) in [5.74, 6) is 1.60. The second kappa shape index (κ2) is 3.61. The molecule has 0 radical (unpaired) electrons. The van der Waals surface area contributed by atoms with Crippen LogP contribution in [0, 0.1) is 5.92 Å². The van der Waals surface area contributed by atoms with E-state index >= 15 is 0 Å². The minimum Gasteiger partial charge on any atom is -0.369 e. The van der Waals surface area contributed by atoms with Crippen LogP contribution in [0.15, 0.2) is 16.8 Å². The number of aliphatic imine (C=N–C) groups is 1. The summed E-state index contributed by atoms with van der Waals surface area (Å²) in [6.45, 7) is 5.06. The fourth-order valence-electron chi connectivity index (χ4n) is 1.09. The average molecular weight is 167 g/mol. The molecule has 0 unspecified atom stereocenters. The Morgan fingerprint density at radius 1 is 1.50 bits per heavy atom. The highest BCUT2D eigenvalue weighted by atomic mass is 15.2. The molecule has 0 fully saturated rings.